The molecule has 1 aliphatic rings. The summed E-state index contributed by atoms with van der Waals surface area (Å²) in [6.45, 7) is 13.1. The highest BCUT2D eigenvalue weighted by Gasteiger charge is 2.36. The molecule has 23 heavy (non-hydrogen) atoms. The van der Waals surface area contributed by atoms with Crippen LogP contribution in [0.1, 0.15) is 53.4 Å². The van der Waals surface area contributed by atoms with Crippen molar-refractivity contribution in [2.45, 2.75) is 58.9 Å². The van der Waals surface area contributed by atoms with Crippen molar-refractivity contribution in [2.75, 3.05) is 39.9 Å². The molecule has 0 heterocycles. The van der Waals surface area contributed by atoms with E-state index in [-0.39, 0.29) is 29.5 Å². The van der Waals surface area contributed by atoms with Crippen LogP contribution in [-0.2, 0) is 4.74 Å². The highest BCUT2D eigenvalue weighted by atomic mass is 127. The Kier molecular flexibility index (Phi) is 11.4. The highest BCUT2D eigenvalue weighted by Crippen LogP contribution is 2.44. The van der Waals surface area contributed by atoms with Gasteiger partial charge in [0.25, 0.3) is 0 Å². The van der Waals surface area contributed by atoms with E-state index in [1.807, 2.05) is 0 Å². The van der Waals surface area contributed by atoms with Gasteiger partial charge in [-0.2, -0.15) is 0 Å². The zero-order chi connectivity index (χ0) is 16.5. The molecule has 0 bridgehead atoms. The topological polar surface area (TPSA) is 57.7 Å². The van der Waals surface area contributed by atoms with Crippen molar-refractivity contribution in [3.63, 3.8) is 0 Å². The summed E-state index contributed by atoms with van der Waals surface area (Å²) >= 11 is 0. The third kappa shape index (κ3) is 9.72. The second kappa shape index (κ2) is 11.5. The van der Waals surface area contributed by atoms with Crippen LogP contribution in [0.5, 0.6) is 0 Å². The molecule has 0 aromatic heterocycles. The van der Waals surface area contributed by atoms with Gasteiger partial charge in [-0.25, -0.2) is 0 Å². The summed E-state index contributed by atoms with van der Waals surface area (Å²) in [6, 6.07) is 0. The summed E-state index contributed by atoms with van der Waals surface area (Å²) in [5.74, 6) is 0.932. The second-order valence-electron chi connectivity index (χ2n) is 7.40. The fraction of sp³-hybridized carbons (Fsp3) is 0.941. The molecule has 6 heteroatoms. The largest absolute Gasteiger partial charge is 0.385 e. The molecule has 0 radical (unpaired) electrons. The van der Waals surface area contributed by atoms with E-state index < -0.39 is 0 Å². The number of hydrogen-bond donors (Lipinski definition) is 3. The number of hydrogen-bond acceptors (Lipinski definition) is 3. The Morgan fingerprint density at radius 1 is 1.17 bits per heavy atom. The number of guanidine groups is 1. The van der Waals surface area contributed by atoms with Crippen LogP contribution in [0.3, 0.4) is 0 Å². The first-order valence-electron chi connectivity index (χ1n) is 8.67. The SMILES string of the molecule is CCNC(=NCC1(CCOC)CCC1)NCCNC(C)(C)C.I. The van der Waals surface area contributed by atoms with Gasteiger partial charge < -0.3 is 20.7 Å². The third-order valence-electron chi connectivity index (χ3n) is 4.24. The molecule has 0 aromatic rings. The fourth-order valence-electron chi connectivity index (χ4n) is 2.69. The van der Waals surface area contributed by atoms with Crippen LogP contribution in [0.2, 0.25) is 0 Å². The number of rotatable bonds is 9. The zero-order valence-corrected chi connectivity index (χ0v) is 18.0. The van der Waals surface area contributed by atoms with Crippen LogP contribution in [0.15, 0.2) is 4.99 Å². The number of aliphatic imine (C=N–C) groups is 1. The Bertz CT molecular complexity index is 338. The van der Waals surface area contributed by atoms with Crippen LogP contribution in [0, 0.1) is 5.41 Å². The van der Waals surface area contributed by atoms with Crippen molar-refractivity contribution < 1.29 is 4.74 Å². The average molecular weight is 440 g/mol. The molecule has 0 amide bonds. The molecule has 0 atom stereocenters. The molecule has 0 saturated heterocycles. The van der Waals surface area contributed by atoms with Gasteiger partial charge in [-0.1, -0.05) is 6.42 Å². The smallest absolute Gasteiger partial charge is 0.191 e. The summed E-state index contributed by atoms with van der Waals surface area (Å²) < 4.78 is 5.25. The van der Waals surface area contributed by atoms with E-state index in [1.165, 1.54) is 19.3 Å². The Labute approximate surface area is 159 Å². The number of nitrogens with one attached hydrogen (secondary N) is 3. The molecule has 0 spiro atoms. The normalized spacial score (nSPS) is 17.2. The maximum Gasteiger partial charge on any atom is 0.191 e. The van der Waals surface area contributed by atoms with Gasteiger partial charge in [0.1, 0.15) is 0 Å². The Balaban J connectivity index is 0.00000484. The monoisotopic (exact) mass is 440 g/mol. The van der Waals surface area contributed by atoms with E-state index in [0.717, 1.165) is 45.2 Å². The summed E-state index contributed by atoms with van der Waals surface area (Å²) in [7, 11) is 1.78. The van der Waals surface area contributed by atoms with Crippen molar-refractivity contribution in [3.8, 4) is 0 Å². The minimum atomic E-state index is 0. The fourth-order valence-corrected chi connectivity index (χ4v) is 2.69. The van der Waals surface area contributed by atoms with E-state index in [1.54, 1.807) is 7.11 Å². The van der Waals surface area contributed by atoms with Gasteiger partial charge in [0.05, 0.1) is 0 Å². The van der Waals surface area contributed by atoms with Crippen LogP contribution in [0.4, 0.5) is 0 Å². The molecule has 1 rings (SSSR count). The quantitative estimate of drug-likeness (QED) is 0.223. The minimum Gasteiger partial charge on any atom is -0.385 e. The molecule has 0 aromatic carbocycles. The molecule has 138 valence electrons. The second-order valence-corrected chi connectivity index (χ2v) is 7.40. The van der Waals surface area contributed by atoms with Crippen molar-refractivity contribution in [3.05, 3.63) is 0 Å². The van der Waals surface area contributed by atoms with Gasteiger partial charge in [0.15, 0.2) is 5.96 Å². The maximum atomic E-state index is 5.25. The molecular weight excluding hydrogens is 403 g/mol. The van der Waals surface area contributed by atoms with Crippen LogP contribution in [-0.4, -0.2) is 51.4 Å². The maximum absolute atomic E-state index is 5.25. The lowest BCUT2D eigenvalue weighted by Crippen LogP contribution is -2.45. The third-order valence-corrected chi connectivity index (χ3v) is 4.24. The van der Waals surface area contributed by atoms with Crippen LogP contribution >= 0.6 is 24.0 Å². The lowest BCUT2D eigenvalue weighted by Gasteiger charge is -2.40. The van der Waals surface area contributed by atoms with Gasteiger partial charge in [-0.05, 0) is 52.4 Å². The van der Waals surface area contributed by atoms with Gasteiger partial charge in [0.2, 0.25) is 0 Å². The summed E-state index contributed by atoms with van der Waals surface area (Å²) in [4.78, 5) is 4.81. The molecule has 1 aliphatic carbocycles. The van der Waals surface area contributed by atoms with E-state index in [4.69, 9.17) is 9.73 Å². The van der Waals surface area contributed by atoms with Crippen molar-refractivity contribution in [1.82, 2.24) is 16.0 Å². The highest BCUT2D eigenvalue weighted by molar-refractivity contribution is 14.0. The van der Waals surface area contributed by atoms with E-state index in [9.17, 15) is 0 Å². The molecular formula is C17H37IN4O. The summed E-state index contributed by atoms with van der Waals surface area (Å²) in [5, 5.41) is 10.2. The Morgan fingerprint density at radius 2 is 1.87 bits per heavy atom. The van der Waals surface area contributed by atoms with Crippen LogP contribution in [0.25, 0.3) is 0 Å². The predicted molar refractivity (Wildman–Crippen MR) is 110 cm³/mol. The van der Waals surface area contributed by atoms with Gasteiger partial charge in [-0.15, -0.1) is 24.0 Å². The molecule has 0 unspecified atom stereocenters. The standard InChI is InChI=1S/C17H36N4O.HI/c1-6-18-15(19-11-12-21-16(2,3)4)20-14-17(8-7-9-17)10-13-22-5;/h21H,6-14H2,1-5H3,(H2,18,19,20);1H. The minimum absolute atomic E-state index is 0. The summed E-state index contributed by atoms with van der Waals surface area (Å²) in [5.41, 5.74) is 0.537. The number of nitrogens with zero attached hydrogens (tertiary/aromatic N) is 1. The average Bonchev–Trinajstić information content (AvgIpc) is 2.40. The summed E-state index contributed by atoms with van der Waals surface area (Å²) in [6.07, 6.45) is 5.02. The first-order valence-corrected chi connectivity index (χ1v) is 8.67. The van der Waals surface area contributed by atoms with Gasteiger partial charge >= 0.3 is 0 Å². The van der Waals surface area contributed by atoms with Crippen molar-refractivity contribution in [2.24, 2.45) is 10.4 Å². The Hall–Kier alpha value is -0.0800. The predicted octanol–water partition coefficient (Wildman–Crippen LogP) is 2.75. The molecule has 3 N–H and O–H groups in total. The number of methoxy groups -OCH3 is 1. The van der Waals surface area contributed by atoms with Gasteiger partial charge in [0, 0.05) is 45.4 Å². The van der Waals surface area contributed by atoms with Crippen molar-refractivity contribution >= 4 is 29.9 Å². The molecule has 1 saturated carbocycles. The molecule has 1 fully saturated rings. The molecule has 0 aliphatic heterocycles. The zero-order valence-electron chi connectivity index (χ0n) is 15.6. The lowest BCUT2D eigenvalue weighted by atomic mass is 9.67. The van der Waals surface area contributed by atoms with E-state index in [2.05, 4.69) is 43.6 Å². The number of halogens is 1. The van der Waals surface area contributed by atoms with Crippen LogP contribution < -0.4 is 16.0 Å². The Morgan fingerprint density at radius 3 is 2.35 bits per heavy atom. The lowest BCUT2D eigenvalue weighted by molar-refractivity contribution is 0.0778. The van der Waals surface area contributed by atoms with Crippen molar-refractivity contribution in [1.29, 1.82) is 0 Å². The first-order chi connectivity index (χ1) is 10.4. The number of ether oxygens (including phenoxy) is 1. The first kappa shape index (κ1) is 22.9. The van der Waals surface area contributed by atoms with E-state index in [0.29, 0.717) is 5.41 Å². The van der Waals surface area contributed by atoms with Gasteiger partial charge in [-0.3, -0.25) is 4.99 Å². The van der Waals surface area contributed by atoms with E-state index >= 15 is 0 Å². The molecule has 5 nitrogen and oxygen atoms in total.